The fraction of sp³-hybridized carbons (Fsp3) is 0.815. The Hall–Kier alpha value is -1.89. The molecule has 0 aromatic carbocycles. The average Bonchev–Trinajstić information content (AvgIpc) is 3.30. The van der Waals surface area contributed by atoms with Crippen LogP contribution in [0.3, 0.4) is 0 Å². The van der Waals surface area contributed by atoms with Crippen LogP contribution in [0.4, 0.5) is 0 Å². The van der Waals surface area contributed by atoms with Crippen LogP contribution in [0.25, 0.3) is 0 Å². The van der Waals surface area contributed by atoms with Gasteiger partial charge in [-0.1, -0.05) is 13.8 Å². The smallest absolute Gasteiger partial charge is 0.331 e. The summed E-state index contributed by atoms with van der Waals surface area (Å²) in [5, 5.41) is 10.4. The third-order valence-corrected chi connectivity index (χ3v) is 10.6. The second-order valence-corrected chi connectivity index (χ2v) is 11.9. The Labute approximate surface area is 201 Å². The predicted octanol–water partition coefficient (Wildman–Crippen LogP) is 3.72. The van der Waals surface area contributed by atoms with Gasteiger partial charge in [0.25, 0.3) is 0 Å². The molecule has 0 aromatic rings. The molecule has 0 radical (unpaired) electrons. The molecule has 1 aliphatic heterocycles. The van der Waals surface area contributed by atoms with E-state index >= 15 is 0 Å². The van der Waals surface area contributed by atoms with E-state index in [0.717, 1.165) is 44.1 Å². The molecule has 0 unspecified atom stereocenters. The highest BCUT2D eigenvalue weighted by atomic mass is 16.6. The van der Waals surface area contributed by atoms with E-state index in [1.165, 1.54) is 13.8 Å². The van der Waals surface area contributed by atoms with Crippen molar-refractivity contribution >= 4 is 17.9 Å². The Balaban J connectivity index is 1.63. The van der Waals surface area contributed by atoms with E-state index in [1.54, 1.807) is 6.08 Å². The highest BCUT2D eigenvalue weighted by Crippen LogP contribution is 2.71. The summed E-state index contributed by atoms with van der Waals surface area (Å²) in [5.41, 5.74) is -0.511. The number of carbonyl (C=O) groups excluding carboxylic acids is 3. The van der Waals surface area contributed by atoms with Crippen LogP contribution in [0.15, 0.2) is 11.6 Å². The summed E-state index contributed by atoms with van der Waals surface area (Å²) >= 11 is 0. The largest absolute Gasteiger partial charge is 0.462 e. The normalized spacial score (nSPS) is 47.6. The Bertz CT molecular complexity index is 926. The average molecular weight is 475 g/mol. The van der Waals surface area contributed by atoms with Gasteiger partial charge in [-0.25, -0.2) is 4.79 Å². The molecular formula is C27H38O7. The van der Waals surface area contributed by atoms with Crippen molar-refractivity contribution in [2.24, 2.45) is 34.5 Å². The number of esters is 3. The van der Waals surface area contributed by atoms with Crippen molar-refractivity contribution in [1.29, 1.82) is 0 Å². The van der Waals surface area contributed by atoms with Crippen molar-refractivity contribution in [1.82, 2.24) is 0 Å². The number of ether oxygens (including phenoxy) is 3. The number of carbonyl (C=O) groups is 3. The SMILES string of the molecule is CC(=O)O[C@@H]1C[C@H]2[C@@H](CC[C@@H]3C[C@@H](O)CC[C@@]32C)[C@@]2(OC(C)=O)CC[C@H](C3=CC(=O)OC3)[C@@]12C. The number of hydrogen-bond acceptors (Lipinski definition) is 7. The first-order chi connectivity index (χ1) is 16.0. The van der Waals surface area contributed by atoms with Gasteiger partial charge in [0, 0.05) is 25.8 Å². The van der Waals surface area contributed by atoms with Gasteiger partial charge in [-0.05, 0) is 80.1 Å². The quantitative estimate of drug-likeness (QED) is 0.492. The zero-order chi connectivity index (χ0) is 24.5. The fourth-order valence-electron chi connectivity index (χ4n) is 9.17. The minimum absolute atomic E-state index is 0.00118. The third kappa shape index (κ3) is 3.29. The molecule has 0 saturated heterocycles. The Morgan fingerprint density at radius 1 is 1.03 bits per heavy atom. The monoisotopic (exact) mass is 474 g/mol. The maximum absolute atomic E-state index is 12.6. The summed E-state index contributed by atoms with van der Waals surface area (Å²) < 4.78 is 17.8. The lowest BCUT2D eigenvalue weighted by Crippen LogP contribution is -2.68. The lowest BCUT2D eigenvalue weighted by Gasteiger charge is -2.65. The molecule has 0 aromatic heterocycles. The van der Waals surface area contributed by atoms with Crippen molar-refractivity contribution in [2.45, 2.75) is 96.9 Å². The fourth-order valence-corrected chi connectivity index (χ4v) is 9.17. The maximum Gasteiger partial charge on any atom is 0.331 e. The van der Waals surface area contributed by atoms with E-state index in [4.69, 9.17) is 14.2 Å². The molecule has 0 bridgehead atoms. The second-order valence-electron chi connectivity index (χ2n) is 11.9. The second kappa shape index (κ2) is 8.07. The van der Waals surface area contributed by atoms with Gasteiger partial charge in [-0.3, -0.25) is 9.59 Å². The molecule has 1 heterocycles. The van der Waals surface area contributed by atoms with Crippen molar-refractivity contribution < 1.29 is 33.7 Å². The number of rotatable bonds is 3. The molecule has 5 aliphatic rings. The third-order valence-electron chi connectivity index (χ3n) is 10.6. The summed E-state index contributed by atoms with van der Waals surface area (Å²) in [6.07, 6.45) is 7.49. The summed E-state index contributed by atoms with van der Waals surface area (Å²) in [5.74, 6) is -0.269. The minimum atomic E-state index is -0.775. The first-order valence-corrected chi connectivity index (χ1v) is 12.9. The lowest BCUT2D eigenvalue weighted by atomic mass is 9.42. The molecule has 7 heteroatoms. The van der Waals surface area contributed by atoms with Crippen LogP contribution < -0.4 is 0 Å². The van der Waals surface area contributed by atoms with Crippen molar-refractivity contribution in [2.75, 3.05) is 6.61 Å². The van der Waals surface area contributed by atoms with Gasteiger partial charge in [0.15, 0.2) is 0 Å². The maximum atomic E-state index is 12.6. The van der Waals surface area contributed by atoms with Gasteiger partial charge in [-0.15, -0.1) is 0 Å². The summed E-state index contributed by atoms with van der Waals surface area (Å²) in [6.45, 7) is 7.61. The zero-order valence-electron chi connectivity index (χ0n) is 20.8. The first kappa shape index (κ1) is 23.8. The Morgan fingerprint density at radius 2 is 1.79 bits per heavy atom. The number of aliphatic hydroxyl groups excluding tert-OH is 1. The molecule has 1 N–H and O–H groups in total. The number of fused-ring (bicyclic) bond motifs is 5. The lowest BCUT2D eigenvalue weighted by molar-refractivity contribution is -0.260. The van der Waals surface area contributed by atoms with E-state index in [9.17, 15) is 19.5 Å². The van der Waals surface area contributed by atoms with Gasteiger partial charge in [0.2, 0.25) is 0 Å². The van der Waals surface area contributed by atoms with Gasteiger partial charge < -0.3 is 19.3 Å². The van der Waals surface area contributed by atoms with Crippen LogP contribution in [-0.4, -0.2) is 47.4 Å². The molecule has 5 rings (SSSR count). The molecule has 34 heavy (non-hydrogen) atoms. The Kier molecular flexibility index (Phi) is 5.66. The summed E-state index contributed by atoms with van der Waals surface area (Å²) in [7, 11) is 0. The topological polar surface area (TPSA) is 99.1 Å². The van der Waals surface area contributed by atoms with Gasteiger partial charge in [0.1, 0.15) is 18.3 Å². The summed E-state index contributed by atoms with van der Waals surface area (Å²) in [6, 6.07) is 0. The van der Waals surface area contributed by atoms with E-state index in [0.29, 0.717) is 18.8 Å². The van der Waals surface area contributed by atoms with E-state index in [1.807, 2.05) is 0 Å². The number of cyclic esters (lactones) is 1. The standard InChI is InChI=1S/C27H38O7/c1-15(28)33-23-13-22-21(6-5-18-12-19(30)7-9-25(18,22)3)27(34-16(2)29)10-8-20(26(23,27)4)17-11-24(31)32-14-17/h11,18-23,30H,5-10,12-14H2,1-4H3/t18-,19+,20-,21-,22+,23-,25+,26+,27+/m1/s1. The molecule has 4 saturated carbocycles. The molecule has 4 fully saturated rings. The van der Waals surface area contributed by atoms with Crippen LogP contribution in [0.1, 0.15) is 79.1 Å². The van der Waals surface area contributed by atoms with Crippen molar-refractivity contribution in [3.8, 4) is 0 Å². The molecule has 0 amide bonds. The number of hydrogen-bond donors (Lipinski definition) is 1. The molecule has 188 valence electrons. The van der Waals surface area contributed by atoms with Crippen molar-refractivity contribution in [3.05, 3.63) is 11.6 Å². The van der Waals surface area contributed by atoms with Gasteiger partial charge in [0.05, 0.1) is 11.5 Å². The Morgan fingerprint density at radius 3 is 2.44 bits per heavy atom. The number of aliphatic hydroxyl groups is 1. The highest BCUT2D eigenvalue weighted by Gasteiger charge is 2.74. The van der Waals surface area contributed by atoms with Crippen molar-refractivity contribution in [3.63, 3.8) is 0 Å². The van der Waals surface area contributed by atoms with Crippen LogP contribution in [-0.2, 0) is 28.6 Å². The van der Waals surface area contributed by atoms with E-state index in [2.05, 4.69) is 13.8 Å². The molecule has 7 nitrogen and oxygen atoms in total. The molecule has 0 spiro atoms. The van der Waals surface area contributed by atoms with Crippen LogP contribution in [0.5, 0.6) is 0 Å². The predicted molar refractivity (Wildman–Crippen MR) is 122 cm³/mol. The zero-order valence-corrected chi connectivity index (χ0v) is 20.8. The van der Waals surface area contributed by atoms with Gasteiger partial charge in [-0.2, -0.15) is 0 Å². The van der Waals surface area contributed by atoms with E-state index < -0.39 is 17.1 Å². The highest BCUT2D eigenvalue weighted by molar-refractivity contribution is 5.85. The summed E-state index contributed by atoms with van der Waals surface area (Å²) in [4.78, 5) is 36.9. The van der Waals surface area contributed by atoms with E-state index in [-0.39, 0.29) is 53.8 Å². The molecular weight excluding hydrogens is 436 g/mol. The van der Waals surface area contributed by atoms with Crippen LogP contribution in [0, 0.1) is 34.5 Å². The van der Waals surface area contributed by atoms with Gasteiger partial charge >= 0.3 is 17.9 Å². The minimum Gasteiger partial charge on any atom is -0.462 e. The molecule has 9 atom stereocenters. The van der Waals surface area contributed by atoms with Crippen LogP contribution in [0.2, 0.25) is 0 Å². The molecule has 4 aliphatic carbocycles. The van der Waals surface area contributed by atoms with Crippen LogP contribution >= 0.6 is 0 Å². The first-order valence-electron chi connectivity index (χ1n) is 12.9.